The van der Waals surface area contributed by atoms with Gasteiger partial charge in [-0.1, -0.05) is 73.8 Å². The molecule has 5 heteroatoms. The van der Waals surface area contributed by atoms with Crippen molar-refractivity contribution in [3.05, 3.63) is 150 Å². The molecule has 3 nitrogen and oxygen atoms in total. The largest absolute Gasteiger partial charge is 0 e. The summed E-state index contributed by atoms with van der Waals surface area (Å²) in [6.07, 6.45) is 5.16. The number of hydrogen-bond donors (Lipinski definition) is 0. The molecule has 0 aliphatic carbocycles. The molecule has 0 fully saturated rings. The van der Waals surface area contributed by atoms with Crippen LogP contribution in [-0.4, -0.2) is 23.2 Å². The number of furan rings is 1. The van der Waals surface area contributed by atoms with Crippen molar-refractivity contribution in [2.45, 2.75) is 56.8 Å². The van der Waals surface area contributed by atoms with E-state index in [0.717, 1.165) is 50.9 Å². The summed E-state index contributed by atoms with van der Waals surface area (Å²) in [5.74, 6) is 7.99. The molecule has 0 N–H and O–H groups in total. The molecule has 0 spiro atoms. The van der Waals surface area contributed by atoms with Crippen LogP contribution in [0.25, 0.3) is 44.5 Å². The average molecular weight is 882 g/mol. The van der Waals surface area contributed by atoms with Gasteiger partial charge in [-0.2, -0.15) is 0 Å². The van der Waals surface area contributed by atoms with Crippen LogP contribution in [0.5, 0.6) is 0 Å². The van der Waals surface area contributed by atoms with Crippen molar-refractivity contribution in [1.29, 1.82) is 0 Å². The first-order valence-electron chi connectivity index (χ1n) is 16.8. The van der Waals surface area contributed by atoms with Gasteiger partial charge in [-0.05, 0) is 29.0 Å². The van der Waals surface area contributed by atoms with Gasteiger partial charge in [0.15, 0.2) is 0 Å². The molecule has 49 heavy (non-hydrogen) atoms. The molecule has 0 atom stereocenters. The Hall–Kier alpha value is -3.83. The number of benzene rings is 4. The number of rotatable bonds is 7. The monoisotopic (exact) mass is 883 g/mol. The van der Waals surface area contributed by atoms with Crippen molar-refractivity contribution < 1.29 is 24.5 Å². The van der Waals surface area contributed by atoms with Crippen molar-refractivity contribution in [3.8, 4) is 22.5 Å². The number of aromatic nitrogens is 2. The van der Waals surface area contributed by atoms with E-state index in [1.165, 1.54) is 16.7 Å². The number of para-hydroxylation sites is 1. The molecule has 251 valence electrons. The normalized spacial score (nSPS) is 11.7. The molecule has 7 rings (SSSR count). The van der Waals surface area contributed by atoms with Gasteiger partial charge in [0.25, 0.3) is 0 Å². The molecule has 7 aromatic rings. The van der Waals surface area contributed by atoms with Crippen LogP contribution in [0.2, 0.25) is 17.3 Å². The van der Waals surface area contributed by atoms with E-state index in [2.05, 4.69) is 135 Å². The van der Waals surface area contributed by atoms with Crippen LogP contribution in [-0.2, 0) is 31.9 Å². The van der Waals surface area contributed by atoms with E-state index < -0.39 is 13.3 Å². The van der Waals surface area contributed by atoms with Gasteiger partial charge in [0.1, 0.15) is 5.58 Å². The molecule has 4 aromatic carbocycles. The van der Waals surface area contributed by atoms with E-state index in [-0.39, 0.29) is 25.5 Å². The zero-order valence-corrected chi connectivity index (χ0v) is 34.0. The van der Waals surface area contributed by atoms with Crippen LogP contribution in [0.4, 0.5) is 0 Å². The van der Waals surface area contributed by atoms with Crippen molar-refractivity contribution in [1.82, 2.24) is 9.97 Å². The van der Waals surface area contributed by atoms with Gasteiger partial charge in [0.05, 0.1) is 5.58 Å². The summed E-state index contributed by atoms with van der Waals surface area (Å²) in [5.41, 5.74) is 9.70. The third-order valence-electron chi connectivity index (χ3n) is 8.97. The van der Waals surface area contributed by atoms with E-state index in [1.54, 1.807) is 4.40 Å². The third-order valence-corrected chi connectivity index (χ3v) is 13.3. The Kier molecular flexibility index (Phi) is 11.4. The van der Waals surface area contributed by atoms with Crippen molar-refractivity contribution >= 4 is 39.6 Å². The fourth-order valence-electron chi connectivity index (χ4n) is 6.29. The Morgan fingerprint density at radius 2 is 1.43 bits per heavy atom. The van der Waals surface area contributed by atoms with Crippen LogP contribution < -0.4 is 4.40 Å². The number of nitrogens with zero attached hydrogens (tertiary/aromatic N) is 2. The topological polar surface area (TPSA) is 38.9 Å². The first kappa shape index (κ1) is 36.5. The van der Waals surface area contributed by atoms with E-state index in [0.29, 0.717) is 5.92 Å². The minimum atomic E-state index is -1.86. The van der Waals surface area contributed by atoms with E-state index in [1.807, 2.05) is 48.7 Å². The minimum Gasteiger partial charge on any atom is 0 e. The summed E-state index contributed by atoms with van der Waals surface area (Å²) >= 11 is -1.86. The van der Waals surface area contributed by atoms with E-state index >= 15 is 0 Å². The Morgan fingerprint density at radius 1 is 0.714 bits per heavy atom. The molecule has 0 bridgehead atoms. The molecular weight excluding hydrogens is 837 g/mol. The predicted molar refractivity (Wildman–Crippen MR) is 204 cm³/mol. The molecule has 0 aliphatic rings. The molecule has 0 saturated heterocycles. The second kappa shape index (κ2) is 15.4. The van der Waals surface area contributed by atoms with Gasteiger partial charge in [-0.15, -0.1) is 23.8 Å². The molecule has 1 radical (unpaired) electrons. The second-order valence-corrected chi connectivity index (χ2v) is 25.1. The Labute approximate surface area is 307 Å². The zero-order chi connectivity index (χ0) is 33.9. The van der Waals surface area contributed by atoms with Crippen LogP contribution in [0.3, 0.4) is 0 Å². The summed E-state index contributed by atoms with van der Waals surface area (Å²) in [6.45, 7) is 9.07. The van der Waals surface area contributed by atoms with Gasteiger partial charge in [-0.3, -0.25) is 0 Å². The number of hydrogen-bond acceptors (Lipinski definition) is 3. The van der Waals surface area contributed by atoms with Crippen LogP contribution in [0.15, 0.2) is 126 Å². The number of pyridine rings is 2. The van der Waals surface area contributed by atoms with Gasteiger partial charge >= 0.3 is 126 Å². The van der Waals surface area contributed by atoms with E-state index in [4.69, 9.17) is 9.40 Å². The summed E-state index contributed by atoms with van der Waals surface area (Å²) in [5, 5.41) is 2.22. The predicted octanol–water partition coefficient (Wildman–Crippen LogP) is 11.1. The zero-order valence-electron chi connectivity index (χ0n) is 29.5. The Morgan fingerprint density at radius 3 is 2.14 bits per heavy atom. The van der Waals surface area contributed by atoms with Gasteiger partial charge in [-0.25, -0.2) is 0 Å². The molecular formula is C44H44GeIrN2O-2. The quantitative estimate of drug-likeness (QED) is 0.118. The maximum absolute atomic E-state index is 5.93. The van der Waals surface area contributed by atoms with Crippen molar-refractivity contribution in [2.75, 3.05) is 0 Å². The summed E-state index contributed by atoms with van der Waals surface area (Å²) in [7, 11) is 0. The summed E-state index contributed by atoms with van der Waals surface area (Å²) in [6, 6.07) is 44.0. The average Bonchev–Trinajstić information content (AvgIpc) is 3.47. The van der Waals surface area contributed by atoms with Crippen LogP contribution in [0.1, 0.15) is 44.4 Å². The molecule has 0 amide bonds. The fraction of sp³-hybridized carbons (Fsp3) is 0.227. The summed E-state index contributed by atoms with van der Waals surface area (Å²) < 4.78 is 7.47. The molecule has 3 heterocycles. The third kappa shape index (κ3) is 8.32. The van der Waals surface area contributed by atoms with Crippen molar-refractivity contribution in [3.63, 3.8) is 0 Å². The smallest absolute Gasteiger partial charge is 0 e. The van der Waals surface area contributed by atoms with Crippen molar-refractivity contribution in [2.24, 2.45) is 5.92 Å². The maximum atomic E-state index is 5.93. The Balaban J connectivity index is 0.000000199. The van der Waals surface area contributed by atoms with Crippen LogP contribution >= 0.6 is 0 Å². The molecule has 3 aromatic heterocycles. The van der Waals surface area contributed by atoms with Gasteiger partial charge in [0, 0.05) is 37.1 Å². The molecule has 0 saturated carbocycles. The maximum Gasteiger partial charge on any atom is 0 e. The fourth-order valence-corrected chi connectivity index (χ4v) is 9.62. The first-order chi connectivity index (χ1) is 23.0. The standard InChI is InChI=1S/C26H20NO.C18H24GeN.Ir/c1-26(2,19-8-4-3-5-9-19)20-14-15-27-23(17-20)18-12-13-25-22(16-18)21-10-6-7-11-24(21)28-25;1-14(2)11-16-12-18(15-9-7-6-8-10-15)20-13-17(16)19(3,4)5;/h3-11,13-17H,1-2H3;6-9,12-14H,11H2,1-5H3;/q2*-1;. The van der Waals surface area contributed by atoms with E-state index in [9.17, 15) is 0 Å². The van der Waals surface area contributed by atoms with Gasteiger partial charge < -0.3 is 9.40 Å². The van der Waals surface area contributed by atoms with Crippen LogP contribution in [0, 0.1) is 18.1 Å². The minimum absolute atomic E-state index is 0. The molecule has 0 unspecified atom stereocenters. The second-order valence-electron chi connectivity index (χ2n) is 14.5. The molecule has 0 aliphatic heterocycles. The SMILES string of the molecule is CC(C)(c1ccccc1)c1ccnc(-c2[c-]cc3oc4ccccc4c3c2)c1.CC(C)Cc1cc(-c2[c-]cccc2)nc[c]1[Ge]([CH3])([CH3])[CH3].[Ir]. The first-order valence-corrected chi connectivity index (χ1v) is 24.2. The Bertz CT molecular complexity index is 2150. The van der Waals surface area contributed by atoms with Gasteiger partial charge in [0.2, 0.25) is 0 Å². The number of fused-ring (bicyclic) bond motifs is 3. The summed E-state index contributed by atoms with van der Waals surface area (Å²) in [4.78, 5) is 9.33.